The summed E-state index contributed by atoms with van der Waals surface area (Å²) in [4.78, 5) is 1.33. The second-order valence-corrected chi connectivity index (χ2v) is 5.57. The molecule has 0 saturated heterocycles. The zero-order valence-electron chi connectivity index (χ0n) is 11.1. The predicted octanol–water partition coefficient (Wildman–Crippen LogP) is 3.75. The maximum atomic E-state index is 5.69. The van der Waals surface area contributed by atoms with Gasteiger partial charge in [-0.1, -0.05) is 26.0 Å². The van der Waals surface area contributed by atoms with Crippen LogP contribution in [0.25, 0.3) is 0 Å². The third-order valence-electron chi connectivity index (χ3n) is 2.95. The SMILES string of the molecule is CCNC(C1=CCCO1)c1ccc(SCC)cc1. The summed E-state index contributed by atoms with van der Waals surface area (Å²) in [6, 6.07) is 9.01. The van der Waals surface area contributed by atoms with Crippen LogP contribution in [0.4, 0.5) is 0 Å². The average molecular weight is 263 g/mol. The Hall–Kier alpha value is -0.930. The van der Waals surface area contributed by atoms with Crippen molar-refractivity contribution in [1.29, 1.82) is 0 Å². The molecule has 1 aromatic carbocycles. The lowest BCUT2D eigenvalue weighted by atomic mass is 10.0. The van der Waals surface area contributed by atoms with Crippen molar-refractivity contribution in [1.82, 2.24) is 5.32 Å². The summed E-state index contributed by atoms with van der Waals surface area (Å²) >= 11 is 1.88. The number of likely N-dealkylation sites (N-methyl/N-ethyl adjacent to an activating group) is 1. The first-order valence-corrected chi connectivity index (χ1v) is 7.62. The van der Waals surface area contributed by atoms with Crippen LogP contribution in [0.15, 0.2) is 41.0 Å². The second kappa shape index (κ2) is 6.86. The maximum Gasteiger partial charge on any atom is 0.114 e. The molecule has 0 aromatic heterocycles. The third kappa shape index (κ3) is 3.30. The van der Waals surface area contributed by atoms with Crippen molar-refractivity contribution < 1.29 is 4.74 Å². The Labute approximate surface area is 114 Å². The molecule has 1 aliphatic rings. The molecule has 1 N–H and O–H groups in total. The first-order chi connectivity index (χ1) is 8.85. The largest absolute Gasteiger partial charge is 0.496 e. The Morgan fingerprint density at radius 2 is 2.06 bits per heavy atom. The minimum atomic E-state index is 0.207. The van der Waals surface area contributed by atoms with E-state index in [1.54, 1.807) is 0 Å². The minimum Gasteiger partial charge on any atom is -0.496 e. The van der Waals surface area contributed by atoms with Crippen LogP contribution in [0.5, 0.6) is 0 Å². The molecule has 1 aliphatic heterocycles. The van der Waals surface area contributed by atoms with Gasteiger partial charge in [0.25, 0.3) is 0 Å². The van der Waals surface area contributed by atoms with E-state index in [4.69, 9.17) is 4.74 Å². The zero-order valence-corrected chi connectivity index (χ0v) is 11.9. The molecule has 3 heteroatoms. The molecule has 1 aromatic rings. The second-order valence-electron chi connectivity index (χ2n) is 4.24. The average Bonchev–Trinajstić information content (AvgIpc) is 2.91. The van der Waals surface area contributed by atoms with Crippen molar-refractivity contribution in [3.8, 4) is 0 Å². The van der Waals surface area contributed by atoms with Gasteiger partial charge in [-0.25, -0.2) is 0 Å². The molecule has 1 unspecified atom stereocenters. The lowest BCUT2D eigenvalue weighted by molar-refractivity contribution is 0.216. The fourth-order valence-electron chi connectivity index (χ4n) is 2.15. The van der Waals surface area contributed by atoms with Crippen LogP contribution in [0.2, 0.25) is 0 Å². The van der Waals surface area contributed by atoms with Crippen molar-refractivity contribution in [3.05, 3.63) is 41.7 Å². The Balaban J connectivity index is 2.14. The highest BCUT2D eigenvalue weighted by molar-refractivity contribution is 7.99. The van der Waals surface area contributed by atoms with Crippen molar-refractivity contribution in [2.45, 2.75) is 31.2 Å². The van der Waals surface area contributed by atoms with Crippen molar-refractivity contribution >= 4 is 11.8 Å². The van der Waals surface area contributed by atoms with Gasteiger partial charge in [-0.3, -0.25) is 0 Å². The van der Waals surface area contributed by atoms with Gasteiger partial charge in [0, 0.05) is 11.3 Å². The first kappa shape index (κ1) is 13.5. The minimum absolute atomic E-state index is 0.207. The van der Waals surface area contributed by atoms with Gasteiger partial charge in [0.1, 0.15) is 5.76 Å². The summed E-state index contributed by atoms with van der Waals surface area (Å²) in [5.74, 6) is 2.19. The van der Waals surface area contributed by atoms with E-state index in [-0.39, 0.29) is 6.04 Å². The molecule has 0 amide bonds. The van der Waals surface area contributed by atoms with Gasteiger partial charge in [-0.05, 0) is 36.1 Å². The zero-order chi connectivity index (χ0) is 12.8. The number of hydrogen-bond acceptors (Lipinski definition) is 3. The fourth-order valence-corrected chi connectivity index (χ4v) is 2.81. The van der Waals surface area contributed by atoms with Crippen molar-refractivity contribution in [2.24, 2.45) is 0 Å². The number of benzene rings is 1. The summed E-state index contributed by atoms with van der Waals surface area (Å²) < 4.78 is 5.69. The lowest BCUT2D eigenvalue weighted by Crippen LogP contribution is -2.23. The van der Waals surface area contributed by atoms with Gasteiger partial charge in [0.15, 0.2) is 0 Å². The monoisotopic (exact) mass is 263 g/mol. The van der Waals surface area contributed by atoms with Gasteiger partial charge < -0.3 is 10.1 Å². The number of thioether (sulfide) groups is 1. The summed E-state index contributed by atoms with van der Waals surface area (Å²) in [5, 5.41) is 3.49. The van der Waals surface area contributed by atoms with E-state index in [2.05, 4.69) is 49.5 Å². The Morgan fingerprint density at radius 3 is 2.61 bits per heavy atom. The number of ether oxygens (including phenoxy) is 1. The smallest absolute Gasteiger partial charge is 0.114 e. The quantitative estimate of drug-likeness (QED) is 0.790. The maximum absolute atomic E-state index is 5.69. The van der Waals surface area contributed by atoms with Crippen LogP contribution < -0.4 is 5.32 Å². The molecule has 0 bridgehead atoms. The number of nitrogens with one attached hydrogen (secondary N) is 1. The summed E-state index contributed by atoms with van der Waals surface area (Å²) in [5.41, 5.74) is 1.28. The molecular formula is C15H21NOS. The first-order valence-electron chi connectivity index (χ1n) is 6.64. The van der Waals surface area contributed by atoms with Crippen molar-refractivity contribution in [2.75, 3.05) is 18.9 Å². The summed E-state index contributed by atoms with van der Waals surface area (Å²) in [6.07, 6.45) is 3.23. The molecule has 2 rings (SSSR count). The third-order valence-corrected chi connectivity index (χ3v) is 3.84. The van der Waals surface area contributed by atoms with Crippen LogP contribution >= 0.6 is 11.8 Å². The van der Waals surface area contributed by atoms with E-state index in [0.29, 0.717) is 0 Å². The summed E-state index contributed by atoms with van der Waals surface area (Å²) in [6.45, 7) is 6.07. The molecule has 1 atom stereocenters. The van der Waals surface area contributed by atoms with Crippen LogP contribution in [0.1, 0.15) is 31.9 Å². The van der Waals surface area contributed by atoms with Crippen LogP contribution in [-0.4, -0.2) is 18.9 Å². The van der Waals surface area contributed by atoms with Gasteiger partial charge >= 0.3 is 0 Å². The fraction of sp³-hybridized carbons (Fsp3) is 0.467. The normalized spacial score (nSPS) is 16.2. The van der Waals surface area contributed by atoms with Gasteiger partial charge in [0.05, 0.1) is 12.6 Å². The van der Waals surface area contributed by atoms with E-state index in [0.717, 1.165) is 31.1 Å². The molecule has 0 aliphatic carbocycles. The lowest BCUT2D eigenvalue weighted by Gasteiger charge is -2.19. The van der Waals surface area contributed by atoms with E-state index >= 15 is 0 Å². The molecular weight excluding hydrogens is 242 g/mol. The summed E-state index contributed by atoms with van der Waals surface area (Å²) in [7, 11) is 0. The Bertz CT molecular complexity index is 399. The Morgan fingerprint density at radius 1 is 1.28 bits per heavy atom. The molecule has 0 spiro atoms. The van der Waals surface area contributed by atoms with Crippen LogP contribution in [0.3, 0.4) is 0 Å². The van der Waals surface area contributed by atoms with E-state index in [1.807, 2.05) is 11.8 Å². The number of hydrogen-bond donors (Lipinski definition) is 1. The molecule has 0 saturated carbocycles. The highest BCUT2D eigenvalue weighted by Crippen LogP contribution is 2.28. The van der Waals surface area contributed by atoms with Crippen LogP contribution in [0, 0.1) is 0 Å². The molecule has 18 heavy (non-hydrogen) atoms. The molecule has 1 heterocycles. The van der Waals surface area contributed by atoms with Crippen LogP contribution in [-0.2, 0) is 4.74 Å². The van der Waals surface area contributed by atoms with E-state index in [9.17, 15) is 0 Å². The highest BCUT2D eigenvalue weighted by atomic mass is 32.2. The predicted molar refractivity (Wildman–Crippen MR) is 77.9 cm³/mol. The van der Waals surface area contributed by atoms with Crippen molar-refractivity contribution in [3.63, 3.8) is 0 Å². The van der Waals surface area contributed by atoms with Gasteiger partial charge in [-0.2, -0.15) is 0 Å². The number of rotatable bonds is 6. The molecule has 0 radical (unpaired) electrons. The van der Waals surface area contributed by atoms with Gasteiger partial charge in [0.2, 0.25) is 0 Å². The standard InChI is InChI=1S/C15H21NOS/c1-3-16-15(14-6-5-11-17-14)12-7-9-13(10-8-12)18-4-2/h6-10,15-16H,3-5,11H2,1-2H3. The molecule has 2 nitrogen and oxygen atoms in total. The molecule has 0 fully saturated rings. The molecule has 98 valence electrons. The van der Waals surface area contributed by atoms with E-state index in [1.165, 1.54) is 10.5 Å². The highest BCUT2D eigenvalue weighted by Gasteiger charge is 2.19. The van der Waals surface area contributed by atoms with Gasteiger partial charge in [-0.15, -0.1) is 11.8 Å². The topological polar surface area (TPSA) is 21.3 Å². The Kier molecular flexibility index (Phi) is 5.14. The van der Waals surface area contributed by atoms with E-state index < -0.39 is 0 Å².